The molecule has 4 rings (SSSR count). The Labute approximate surface area is 224 Å². The van der Waals surface area contributed by atoms with Gasteiger partial charge < -0.3 is 25.5 Å². The quantitative estimate of drug-likeness (QED) is 0.339. The molecule has 0 bridgehead atoms. The van der Waals surface area contributed by atoms with E-state index in [0.29, 0.717) is 6.42 Å². The number of rotatable bonds is 5. The van der Waals surface area contributed by atoms with Crippen LogP contribution >= 0.6 is 0 Å². The van der Waals surface area contributed by atoms with E-state index in [2.05, 4.69) is 0 Å². The molecule has 0 aromatic rings. The van der Waals surface area contributed by atoms with Crippen LogP contribution in [0.1, 0.15) is 81.1 Å². The molecule has 9 atom stereocenters. The Hall–Kier alpha value is -1.87. The van der Waals surface area contributed by atoms with Crippen LogP contribution in [0.3, 0.4) is 0 Å². The van der Waals surface area contributed by atoms with E-state index in [-0.39, 0.29) is 36.1 Å². The highest BCUT2D eigenvalue weighted by molar-refractivity contribution is 6.02. The van der Waals surface area contributed by atoms with Crippen molar-refractivity contribution in [3.8, 4) is 0 Å². The molecule has 0 amide bonds. The SMILES string of the molecule is CC1(C)C(=O)C(O)=C[C@H]2C1=CC[C@@H]1[C@@]2(C)C(=O)C[C@]2(C)[C@@H](C(C)(O)C(=O)CC(O)C(C)(C)O)[C@@H](O)C[C@@]12C. The summed E-state index contributed by atoms with van der Waals surface area (Å²) in [6.45, 7) is 13.4. The van der Waals surface area contributed by atoms with Crippen molar-refractivity contribution in [2.24, 2.45) is 39.4 Å². The molecular formula is C30H44O8. The Kier molecular flexibility index (Phi) is 6.38. The molecule has 0 heterocycles. The standard InChI is InChI=1S/C30H44O8/c1-25(2)15-9-10-19-27(5)13-18(32)23(30(8,38)21(34)12-20(33)26(3,4)37)28(27,6)14-22(35)29(19,7)16(15)11-17(31)24(25)36/h9,11,16,18-20,23,31-33,37-38H,10,12-14H2,1-8H3/t16-,18-,19-,20?,23-,27-,28+,29-,30?/m0/s1. The lowest BCUT2D eigenvalue weighted by Crippen LogP contribution is -2.64. The number of fused-ring (bicyclic) bond motifs is 5. The van der Waals surface area contributed by atoms with Crippen LogP contribution < -0.4 is 0 Å². The van der Waals surface area contributed by atoms with Gasteiger partial charge in [0.25, 0.3) is 0 Å². The van der Waals surface area contributed by atoms with Crippen LogP contribution in [0, 0.1) is 39.4 Å². The van der Waals surface area contributed by atoms with Crippen LogP contribution in [0.4, 0.5) is 0 Å². The van der Waals surface area contributed by atoms with Gasteiger partial charge >= 0.3 is 0 Å². The number of aliphatic hydroxyl groups is 5. The summed E-state index contributed by atoms with van der Waals surface area (Å²) in [5, 5.41) is 54.1. The van der Waals surface area contributed by atoms with Gasteiger partial charge in [-0.3, -0.25) is 14.4 Å². The molecule has 8 heteroatoms. The number of allylic oxidation sites excluding steroid dienone is 4. The first kappa shape index (κ1) is 29.1. The first-order chi connectivity index (χ1) is 17.1. The van der Waals surface area contributed by atoms with E-state index in [1.165, 1.54) is 26.8 Å². The lowest BCUT2D eigenvalue weighted by Gasteiger charge is -2.63. The largest absolute Gasteiger partial charge is 0.505 e. The highest BCUT2D eigenvalue weighted by atomic mass is 16.3. The minimum absolute atomic E-state index is 0.00244. The fourth-order valence-electron chi connectivity index (χ4n) is 8.78. The van der Waals surface area contributed by atoms with Gasteiger partial charge in [0.2, 0.25) is 5.78 Å². The molecule has 0 saturated heterocycles. The molecule has 0 spiro atoms. The topological polar surface area (TPSA) is 152 Å². The first-order valence-electron chi connectivity index (χ1n) is 13.6. The molecule has 0 aromatic heterocycles. The van der Waals surface area contributed by atoms with Crippen molar-refractivity contribution in [2.75, 3.05) is 0 Å². The molecule has 212 valence electrons. The van der Waals surface area contributed by atoms with Gasteiger partial charge in [-0.15, -0.1) is 0 Å². The van der Waals surface area contributed by atoms with Gasteiger partial charge in [-0.1, -0.05) is 32.4 Å². The van der Waals surface area contributed by atoms with Crippen molar-refractivity contribution in [1.29, 1.82) is 0 Å². The van der Waals surface area contributed by atoms with E-state index < -0.39 is 69.1 Å². The van der Waals surface area contributed by atoms with E-state index in [1.807, 2.05) is 26.8 Å². The predicted octanol–water partition coefficient (Wildman–Crippen LogP) is 2.81. The third kappa shape index (κ3) is 3.59. The normalized spacial score (nSPS) is 42.7. The van der Waals surface area contributed by atoms with Crippen molar-refractivity contribution in [2.45, 2.75) is 104 Å². The van der Waals surface area contributed by atoms with Crippen LogP contribution in [0.15, 0.2) is 23.5 Å². The van der Waals surface area contributed by atoms with Crippen molar-refractivity contribution in [3.63, 3.8) is 0 Å². The van der Waals surface area contributed by atoms with Gasteiger partial charge in [-0.25, -0.2) is 0 Å². The second kappa shape index (κ2) is 8.32. The minimum Gasteiger partial charge on any atom is -0.505 e. The summed E-state index contributed by atoms with van der Waals surface area (Å²) in [5.41, 5.74) is -6.32. The molecule has 0 aromatic carbocycles. The molecule has 38 heavy (non-hydrogen) atoms. The van der Waals surface area contributed by atoms with E-state index in [1.54, 1.807) is 13.8 Å². The number of Topliss-reactive ketones (excluding diaryl/α,β-unsaturated/α-hetero) is 3. The van der Waals surface area contributed by atoms with Gasteiger partial charge in [0, 0.05) is 30.1 Å². The molecule has 0 aliphatic heterocycles. The fourth-order valence-corrected chi connectivity index (χ4v) is 8.78. The minimum atomic E-state index is -2.06. The Morgan fingerprint density at radius 1 is 1.08 bits per heavy atom. The monoisotopic (exact) mass is 532 g/mol. The van der Waals surface area contributed by atoms with Gasteiger partial charge in [0.05, 0.1) is 23.2 Å². The molecule has 2 fully saturated rings. The van der Waals surface area contributed by atoms with Crippen molar-refractivity contribution in [3.05, 3.63) is 23.5 Å². The molecule has 5 N–H and O–H groups in total. The molecule has 2 saturated carbocycles. The Bertz CT molecular complexity index is 1140. The third-order valence-corrected chi connectivity index (χ3v) is 11.4. The molecule has 2 unspecified atom stereocenters. The van der Waals surface area contributed by atoms with Gasteiger partial charge in [0.1, 0.15) is 11.4 Å². The number of carbonyl (C=O) groups excluding carboxylic acids is 3. The van der Waals surface area contributed by atoms with Crippen LogP contribution in [0.2, 0.25) is 0 Å². The van der Waals surface area contributed by atoms with Crippen LogP contribution in [-0.4, -0.2) is 66.3 Å². The van der Waals surface area contributed by atoms with Crippen molar-refractivity contribution in [1.82, 2.24) is 0 Å². The molecule has 4 aliphatic carbocycles. The van der Waals surface area contributed by atoms with Crippen LogP contribution in [0.5, 0.6) is 0 Å². The van der Waals surface area contributed by atoms with Crippen LogP contribution in [0.25, 0.3) is 0 Å². The average molecular weight is 533 g/mol. The Morgan fingerprint density at radius 2 is 1.66 bits per heavy atom. The first-order valence-corrected chi connectivity index (χ1v) is 13.6. The summed E-state index contributed by atoms with van der Waals surface area (Å²) in [6.07, 6.45) is 1.27. The van der Waals surface area contributed by atoms with E-state index in [4.69, 9.17) is 0 Å². The van der Waals surface area contributed by atoms with Crippen molar-refractivity contribution >= 4 is 17.3 Å². The molecular weight excluding hydrogens is 488 g/mol. The summed E-state index contributed by atoms with van der Waals surface area (Å²) in [6, 6.07) is 0. The smallest absolute Gasteiger partial charge is 0.206 e. The van der Waals surface area contributed by atoms with Crippen molar-refractivity contribution < 1.29 is 39.9 Å². The highest BCUT2D eigenvalue weighted by Crippen LogP contribution is 2.73. The molecule has 4 aliphatic rings. The zero-order valence-corrected chi connectivity index (χ0v) is 23.8. The van der Waals surface area contributed by atoms with Crippen LogP contribution in [-0.2, 0) is 14.4 Å². The number of aliphatic hydroxyl groups excluding tert-OH is 3. The zero-order valence-electron chi connectivity index (χ0n) is 23.8. The summed E-state index contributed by atoms with van der Waals surface area (Å²) >= 11 is 0. The number of hydrogen-bond donors (Lipinski definition) is 5. The summed E-state index contributed by atoms with van der Waals surface area (Å²) in [4.78, 5) is 40.3. The Balaban J connectivity index is 1.79. The van der Waals surface area contributed by atoms with E-state index in [0.717, 1.165) is 5.57 Å². The highest BCUT2D eigenvalue weighted by Gasteiger charge is 2.74. The van der Waals surface area contributed by atoms with E-state index in [9.17, 15) is 39.9 Å². The number of hydrogen-bond acceptors (Lipinski definition) is 8. The van der Waals surface area contributed by atoms with Gasteiger partial charge in [-0.05, 0) is 70.3 Å². The second-order valence-electron chi connectivity index (χ2n) is 14.3. The summed E-state index contributed by atoms with van der Waals surface area (Å²) in [5.74, 6) is -3.25. The second-order valence-corrected chi connectivity index (χ2v) is 14.3. The van der Waals surface area contributed by atoms with Gasteiger partial charge in [0.15, 0.2) is 11.5 Å². The maximum atomic E-state index is 14.2. The lowest BCUT2D eigenvalue weighted by atomic mass is 9.39. The Morgan fingerprint density at radius 3 is 2.21 bits per heavy atom. The van der Waals surface area contributed by atoms with Gasteiger partial charge in [-0.2, -0.15) is 0 Å². The lowest BCUT2D eigenvalue weighted by molar-refractivity contribution is -0.182. The summed E-state index contributed by atoms with van der Waals surface area (Å²) in [7, 11) is 0. The number of carbonyl (C=O) groups is 3. The zero-order chi connectivity index (χ0) is 29.0. The van der Waals surface area contributed by atoms with E-state index >= 15 is 0 Å². The average Bonchev–Trinajstić information content (AvgIpc) is 2.97. The fraction of sp³-hybridized carbons (Fsp3) is 0.767. The maximum absolute atomic E-state index is 14.2. The number of ketones is 3. The molecule has 0 radical (unpaired) electrons. The summed E-state index contributed by atoms with van der Waals surface area (Å²) < 4.78 is 0. The molecule has 8 nitrogen and oxygen atoms in total. The maximum Gasteiger partial charge on any atom is 0.206 e. The predicted molar refractivity (Wildman–Crippen MR) is 140 cm³/mol. The third-order valence-electron chi connectivity index (χ3n) is 11.4.